The maximum absolute atomic E-state index is 10.6. The van der Waals surface area contributed by atoms with Gasteiger partial charge >= 0.3 is 5.97 Å². The molecule has 0 saturated carbocycles. The van der Waals surface area contributed by atoms with Crippen LogP contribution >= 0.6 is 12.4 Å². The smallest absolute Gasteiger partial charge is 0.335 e. The van der Waals surface area contributed by atoms with Crippen LogP contribution in [0, 0.1) is 6.92 Å². The molecule has 0 aromatic heterocycles. The molecule has 0 saturated heterocycles. The van der Waals surface area contributed by atoms with Gasteiger partial charge in [-0.05, 0) is 24.1 Å². The zero-order valence-electron chi connectivity index (χ0n) is 7.28. The summed E-state index contributed by atoms with van der Waals surface area (Å²) in [5.74, 6) is -0.893. The molecule has 0 aliphatic carbocycles. The van der Waals surface area contributed by atoms with E-state index in [9.17, 15) is 4.79 Å². The molecule has 0 spiro atoms. The Morgan fingerprint density at radius 2 is 2.15 bits per heavy atom. The van der Waals surface area contributed by atoms with Crippen LogP contribution in [0.1, 0.15) is 21.5 Å². The predicted molar refractivity (Wildman–Crippen MR) is 53.3 cm³/mol. The Balaban J connectivity index is 0.00000144. The molecule has 3 nitrogen and oxygen atoms in total. The molecule has 0 amide bonds. The van der Waals surface area contributed by atoms with Crippen molar-refractivity contribution in [3.8, 4) is 0 Å². The molecule has 1 aromatic carbocycles. The number of halogens is 1. The van der Waals surface area contributed by atoms with E-state index in [2.05, 4.69) is 0 Å². The van der Waals surface area contributed by atoms with E-state index in [4.69, 9.17) is 10.8 Å². The van der Waals surface area contributed by atoms with E-state index in [1.165, 1.54) is 0 Å². The summed E-state index contributed by atoms with van der Waals surface area (Å²) < 4.78 is 0. The van der Waals surface area contributed by atoms with Crippen LogP contribution in [-0.2, 0) is 6.54 Å². The molecular formula is C9H12ClNO2. The zero-order chi connectivity index (χ0) is 9.14. The Morgan fingerprint density at radius 1 is 1.54 bits per heavy atom. The monoisotopic (exact) mass is 201 g/mol. The Kier molecular flexibility index (Phi) is 4.45. The zero-order valence-corrected chi connectivity index (χ0v) is 8.10. The third kappa shape index (κ3) is 2.72. The van der Waals surface area contributed by atoms with Gasteiger partial charge < -0.3 is 10.8 Å². The fourth-order valence-corrected chi connectivity index (χ4v) is 1.09. The molecule has 0 radical (unpaired) electrons. The fraction of sp³-hybridized carbons (Fsp3) is 0.222. The highest BCUT2D eigenvalue weighted by atomic mass is 35.5. The quantitative estimate of drug-likeness (QED) is 0.764. The maximum atomic E-state index is 10.6. The van der Waals surface area contributed by atoms with Crippen molar-refractivity contribution in [2.45, 2.75) is 13.5 Å². The van der Waals surface area contributed by atoms with Crippen LogP contribution in [0.5, 0.6) is 0 Å². The van der Waals surface area contributed by atoms with Crippen LogP contribution < -0.4 is 5.73 Å². The Hall–Kier alpha value is -1.06. The minimum Gasteiger partial charge on any atom is -0.478 e. The number of rotatable bonds is 2. The van der Waals surface area contributed by atoms with Crippen LogP contribution in [0.4, 0.5) is 0 Å². The van der Waals surface area contributed by atoms with Gasteiger partial charge in [0.15, 0.2) is 0 Å². The Bertz CT molecular complexity index is 312. The minimum absolute atomic E-state index is 0. The van der Waals surface area contributed by atoms with E-state index >= 15 is 0 Å². The number of nitrogens with two attached hydrogens (primary N) is 1. The molecule has 13 heavy (non-hydrogen) atoms. The number of aromatic carboxylic acids is 1. The summed E-state index contributed by atoms with van der Waals surface area (Å²) in [5.41, 5.74) is 7.45. The standard InChI is InChI=1S/C9H11NO2.ClH/c1-6-4-7(5-10)2-3-8(6)9(11)12;/h2-4H,5,10H2,1H3,(H,11,12);1H. The van der Waals surface area contributed by atoms with Crippen molar-refractivity contribution < 1.29 is 9.90 Å². The average molecular weight is 202 g/mol. The van der Waals surface area contributed by atoms with Crippen molar-refractivity contribution in [3.63, 3.8) is 0 Å². The first-order valence-corrected chi connectivity index (χ1v) is 3.68. The van der Waals surface area contributed by atoms with Gasteiger partial charge in [0, 0.05) is 6.54 Å². The van der Waals surface area contributed by atoms with Gasteiger partial charge in [-0.2, -0.15) is 0 Å². The van der Waals surface area contributed by atoms with Crippen LogP contribution in [0.3, 0.4) is 0 Å². The molecule has 0 atom stereocenters. The molecule has 0 fully saturated rings. The molecule has 0 aliphatic heterocycles. The first-order valence-electron chi connectivity index (χ1n) is 3.68. The minimum atomic E-state index is -0.893. The van der Waals surface area contributed by atoms with E-state index in [-0.39, 0.29) is 12.4 Å². The number of benzene rings is 1. The van der Waals surface area contributed by atoms with Gasteiger partial charge in [-0.1, -0.05) is 12.1 Å². The number of carbonyl (C=O) groups is 1. The summed E-state index contributed by atoms with van der Waals surface area (Å²) >= 11 is 0. The molecule has 0 aliphatic rings. The average Bonchev–Trinajstić information content (AvgIpc) is 2.03. The van der Waals surface area contributed by atoms with Gasteiger partial charge in [0.1, 0.15) is 0 Å². The SMILES string of the molecule is Cc1cc(CN)ccc1C(=O)O.Cl. The van der Waals surface area contributed by atoms with Gasteiger partial charge in [0.05, 0.1) is 5.56 Å². The molecule has 72 valence electrons. The number of aryl methyl sites for hydroxylation is 1. The largest absolute Gasteiger partial charge is 0.478 e. The molecular weight excluding hydrogens is 190 g/mol. The second kappa shape index (κ2) is 4.84. The lowest BCUT2D eigenvalue weighted by Gasteiger charge is -2.02. The maximum Gasteiger partial charge on any atom is 0.335 e. The summed E-state index contributed by atoms with van der Waals surface area (Å²) in [6, 6.07) is 5.11. The van der Waals surface area contributed by atoms with Gasteiger partial charge in [-0.15, -0.1) is 12.4 Å². The summed E-state index contributed by atoms with van der Waals surface area (Å²) in [4.78, 5) is 10.6. The predicted octanol–water partition coefficient (Wildman–Crippen LogP) is 1.57. The van der Waals surface area contributed by atoms with Gasteiger partial charge in [0.2, 0.25) is 0 Å². The van der Waals surface area contributed by atoms with Gasteiger partial charge in [-0.25, -0.2) is 4.79 Å². The molecule has 0 heterocycles. The third-order valence-electron chi connectivity index (χ3n) is 1.76. The van der Waals surface area contributed by atoms with Crippen molar-refractivity contribution in [1.29, 1.82) is 0 Å². The number of carboxylic acid groups (broad SMARTS) is 1. The lowest BCUT2D eigenvalue weighted by molar-refractivity contribution is 0.0696. The van der Waals surface area contributed by atoms with Crippen molar-refractivity contribution >= 4 is 18.4 Å². The second-order valence-electron chi connectivity index (χ2n) is 2.66. The Labute approximate surface area is 83.0 Å². The Morgan fingerprint density at radius 3 is 2.54 bits per heavy atom. The lowest BCUT2D eigenvalue weighted by atomic mass is 10.1. The van der Waals surface area contributed by atoms with E-state index in [1.807, 2.05) is 0 Å². The van der Waals surface area contributed by atoms with Gasteiger partial charge in [-0.3, -0.25) is 0 Å². The van der Waals surface area contributed by atoms with Crippen LogP contribution in [0.15, 0.2) is 18.2 Å². The summed E-state index contributed by atoms with van der Waals surface area (Å²) in [6.07, 6.45) is 0. The first-order chi connectivity index (χ1) is 5.65. The number of carboxylic acids is 1. The number of hydrogen-bond donors (Lipinski definition) is 2. The highest BCUT2D eigenvalue weighted by molar-refractivity contribution is 5.89. The van der Waals surface area contributed by atoms with Crippen LogP contribution in [-0.4, -0.2) is 11.1 Å². The van der Waals surface area contributed by atoms with E-state index in [0.717, 1.165) is 11.1 Å². The second-order valence-corrected chi connectivity index (χ2v) is 2.66. The van der Waals surface area contributed by atoms with E-state index in [0.29, 0.717) is 12.1 Å². The van der Waals surface area contributed by atoms with Crippen molar-refractivity contribution in [2.75, 3.05) is 0 Å². The normalized spacial score (nSPS) is 9.08. The summed E-state index contributed by atoms with van der Waals surface area (Å²) in [5, 5.41) is 8.70. The first kappa shape index (κ1) is 11.9. The lowest BCUT2D eigenvalue weighted by Crippen LogP contribution is -2.02. The van der Waals surface area contributed by atoms with Crippen LogP contribution in [0.2, 0.25) is 0 Å². The highest BCUT2D eigenvalue weighted by Gasteiger charge is 2.05. The van der Waals surface area contributed by atoms with Crippen LogP contribution in [0.25, 0.3) is 0 Å². The third-order valence-corrected chi connectivity index (χ3v) is 1.76. The molecule has 3 N–H and O–H groups in total. The summed E-state index contributed by atoms with van der Waals surface area (Å²) in [6.45, 7) is 2.21. The van der Waals surface area contributed by atoms with Crippen molar-refractivity contribution in [1.82, 2.24) is 0 Å². The highest BCUT2D eigenvalue weighted by Crippen LogP contribution is 2.10. The van der Waals surface area contributed by atoms with E-state index < -0.39 is 5.97 Å². The van der Waals surface area contributed by atoms with Crippen molar-refractivity contribution in [2.24, 2.45) is 5.73 Å². The van der Waals surface area contributed by atoms with Gasteiger partial charge in [0.25, 0.3) is 0 Å². The number of hydrogen-bond acceptors (Lipinski definition) is 2. The summed E-state index contributed by atoms with van der Waals surface area (Å²) in [7, 11) is 0. The van der Waals surface area contributed by atoms with Crippen molar-refractivity contribution in [3.05, 3.63) is 34.9 Å². The molecule has 4 heteroatoms. The molecule has 0 bridgehead atoms. The molecule has 1 rings (SSSR count). The van der Waals surface area contributed by atoms with E-state index in [1.54, 1.807) is 25.1 Å². The topological polar surface area (TPSA) is 63.3 Å². The molecule has 0 unspecified atom stereocenters. The molecule has 1 aromatic rings. The fourth-order valence-electron chi connectivity index (χ4n) is 1.09.